The van der Waals surface area contributed by atoms with Crippen LogP contribution in [0.2, 0.25) is 0 Å². The monoisotopic (exact) mass is 299 g/mol. The van der Waals surface area contributed by atoms with Crippen molar-refractivity contribution >= 4 is 21.8 Å². The highest BCUT2D eigenvalue weighted by Gasteiger charge is 2.45. The summed E-state index contributed by atoms with van der Waals surface area (Å²) in [5.41, 5.74) is 0. The average molecular weight is 300 g/mol. The second-order valence-electron chi connectivity index (χ2n) is 6.35. The number of fused-ring (bicyclic) bond motifs is 2. The standard InChI is InChI=1S/C14H22BrNO/c1-9-8-16(5-4-13(9)15)14(17)12-7-10-2-3-11(12)6-10/h9-13H,2-8H2,1H3. The van der Waals surface area contributed by atoms with Gasteiger partial charge in [0, 0.05) is 23.8 Å². The minimum absolute atomic E-state index is 0.382. The van der Waals surface area contributed by atoms with Crippen LogP contribution >= 0.6 is 15.9 Å². The minimum Gasteiger partial charge on any atom is -0.342 e. The zero-order chi connectivity index (χ0) is 12.0. The first kappa shape index (κ1) is 12.0. The minimum atomic E-state index is 0.382. The molecule has 3 rings (SSSR count). The highest BCUT2D eigenvalue weighted by atomic mass is 79.9. The van der Waals surface area contributed by atoms with Gasteiger partial charge in [-0.05, 0) is 43.4 Å². The molecule has 1 saturated heterocycles. The summed E-state index contributed by atoms with van der Waals surface area (Å²) in [6.07, 6.45) is 6.33. The van der Waals surface area contributed by atoms with Gasteiger partial charge in [-0.1, -0.05) is 29.3 Å². The number of carbonyl (C=O) groups is 1. The Morgan fingerprint density at radius 1 is 1.24 bits per heavy atom. The van der Waals surface area contributed by atoms with E-state index in [-0.39, 0.29) is 0 Å². The molecule has 3 heteroatoms. The van der Waals surface area contributed by atoms with Crippen LogP contribution in [0.15, 0.2) is 0 Å². The van der Waals surface area contributed by atoms with E-state index >= 15 is 0 Å². The molecule has 2 aliphatic carbocycles. The van der Waals surface area contributed by atoms with Crippen molar-refractivity contribution in [3.05, 3.63) is 0 Å². The zero-order valence-corrected chi connectivity index (χ0v) is 12.2. The molecule has 0 aromatic heterocycles. The molecule has 0 N–H and O–H groups in total. The van der Waals surface area contributed by atoms with Gasteiger partial charge in [0.25, 0.3) is 0 Å². The summed E-state index contributed by atoms with van der Waals surface area (Å²) in [6.45, 7) is 4.18. The Morgan fingerprint density at radius 2 is 2.06 bits per heavy atom. The molecule has 1 aliphatic heterocycles. The first-order chi connectivity index (χ1) is 8.15. The molecule has 0 radical (unpaired) electrons. The second-order valence-corrected chi connectivity index (χ2v) is 7.52. The van der Waals surface area contributed by atoms with E-state index in [9.17, 15) is 4.79 Å². The van der Waals surface area contributed by atoms with Crippen LogP contribution in [0.25, 0.3) is 0 Å². The molecule has 17 heavy (non-hydrogen) atoms. The summed E-state index contributed by atoms with van der Waals surface area (Å²) in [5.74, 6) is 3.06. The maximum atomic E-state index is 12.6. The Kier molecular flexibility index (Phi) is 3.22. The lowest BCUT2D eigenvalue weighted by atomic mass is 9.87. The lowest BCUT2D eigenvalue weighted by Crippen LogP contribution is -2.46. The molecule has 1 amide bonds. The van der Waals surface area contributed by atoms with Crippen LogP contribution in [0.3, 0.4) is 0 Å². The zero-order valence-electron chi connectivity index (χ0n) is 10.6. The number of halogens is 1. The van der Waals surface area contributed by atoms with Crippen LogP contribution in [0, 0.1) is 23.7 Å². The van der Waals surface area contributed by atoms with Gasteiger partial charge in [0.2, 0.25) is 5.91 Å². The van der Waals surface area contributed by atoms with E-state index in [2.05, 4.69) is 27.8 Å². The predicted octanol–water partition coefficient (Wildman–Crippen LogP) is 3.05. The molecular weight excluding hydrogens is 278 g/mol. The van der Waals surface area contributed by atoms with Crippen LogP contribution in [-0.2, 0) is 4.79 Å². The molecule has 5 unspecified atom stereocenters. The summed E-state index contributed by atoms with van der Waals surface area (Å²) in [6, 6.07) is 0. The van der Waals surface area contributed by atoms with Gasteiger partial charge in [-0.2, -0.15) is 0 Å². The van der Waals surface area contributed by atoms with Crippen LogP contribution in [0.4, 0.5) is 0 Å². The SMILES string of the molecule is CC1CN(C(=O)C2CC3CCC2C3)CCC1Br. The van der Waals surface area contributed by atoms with E-state index in [1.807, 2.05) is 0 Å². The number of rotatable bonds is 1. The van der Waals surface area contributed by atoms with Gasteiger partial charge < -0.3 is 4.90 Å². The highest BCUT2D eigenvalue weighted by Crippen LogP contribution is 2.49. The summed E-state index contributed by atoms with van der Waals surface area (Å²) in [4.78, 5) is 15.3. The molecule has 0 aromatic rings. The Morgan fingerprint density at radius 3 is 2.65 bits per heavy atom. The van der Waals surface area contributed by atoms with Crippen molar-refractivity contribution in [1.29, 1.82) is 0 Å². The van der Waals surface area contributed by atoms with E-state index in [1.165, 1.54) is 25.7 Å². The van der Waals surface area contributed by atoms with Gasteiger partial charge in [-0.15, -0.1) is 0 Å². The predicted molar refractivity (Wildman–Crippen MR) is 72.0 cm³/mol. The molecule has 2 nitrogen and oxygen atoms in total. The molecule has 0 spiro atoms. The number of alkyl halides is 1. The van der Waals surface area contributed by atoms with Gasteiger partial charge in [0.1, 0.15) is 0 Å². The average Bonchev–Trinajstić information content (AvgIpc) is 2.93. The summed E-state index contributed by atoms with van der Waals surface area (Å²) in [5, 5.41) is 0. The molecular formula is C14H22BrNO. The van der Waals surface area contributed by atoms with Crippen molar-refractivity contribution < 1.29 is 4.79 Å². The Balaban J connectivity index is 1.63. The number of piperidine rings is 1. The number of likely N-dealkylation sites (tertiary alicyclic amines) is 1. The summed E-state index contributed by atoms with van der Waals surface area (Å²) >= 11 is 3.71. The van der Waals surface area contributed by atoms with Crippen molar-refractivity contribution in [2.45, 2.75) is 43.9 Å². The molecule has 5 atom stereocenters. The largest absolute Gasteiger partial charge is 0.342 e. The van der Waals surface area contributed by atoms with Gasteiger partial charge in [-0.3, -0.25) is 4.79 Å². The maximum absolute atomic E-state index is 12.6. The maximum Gasteiger partial charge on any atom is 0.225 e. The van der Waals surface area contributed by atoms with E-state index in [1.54, 1.807) is 0 Å². The van der Waals surface area contributed by atoms with Crippen molar-refractivity contribution in [2.75, 3.05) is 13.1 Å². The number of hydrogen-bond acceptors (Lipinski definition) is 1. The molecule has 0 aromatic carbocycles. The van der Waals surface area contributed by atoms with Crippen LogP contribution in [0.1, 0.15) is 39.0 Å². The van der Waals surface area contributed by atoms with Gasteiger partial charge in [0.05, 0.1) is 0 Å². The third kappa shape index (κ3) is 2.16. The molecule has 2 saturated carbocycles. The van der Waals surface area contributed by atoms with Gasteiger partial charge >= 0.3 is 0 Å². The van der Waals surface area contributed by atoms with E-state index < -0.39 is 0 Å². The van der Waals surface area contributed by atoms with Crippen molar-refractivity contribution in [1.82, 2.24) is 4.90 Å². The lowest BCUT2D eigenvalue weighted by molar-refractivity contribution is -0.138. The molecule has 3 aliphatic rings. The normalized spacial score (nSPS) is 45.3. The smallest absolute Gasteiger partial charge is 0.225 e. The Bertz CT molecular complexity index is 319. The number of amides is 1. The first-order valence-corrected chi connectivity index (χ1v) is 7.99. The van der Waals surface area contributed by atoms with Crippen LogP contribution in [0.5, 0.6) is 0 Å². The van der Waals surface area contributed by atoms with Crippen molar-refractivity contribution in [3.8, 4) is 0 Å². The number of nitrogens with zero attached hydrogens (tertiary/aromatic N) is 1. The third-order valence-corrected chi connectivity index (χ3v) is 6.53. The summed E-state index contributed by atoms with van der Waals surface area (Å²) in [7, 11) is 0. The van der Waals surface area contributed by atoms with E-state index in [0.717, 1.165) is 31.3 Å². The number of hydrogen-bond donors (Lipinski definition) is 0. The van der Waals surface area contributed by atoms with E-state index in [4.69, 9.17) is 0 Å². The fourth-order valence-corrected chi connectivity index (χ4v) is 4.47. The van der Waals surface area contributed by atoms with Crippen molar-refractivity contribution in [2.24, 2.45) is 23.7 Å². The quantitative estimate of drug-likeness (QED) is 0.682. The molecule has 2 bridgehead atoms. The fraction of sp³-hybridized carbons (Fsp3) is 0.929. The second kappa shape index (κ2) is 4.56. The third-order valence-electron chi connectivity index (χ3n) is 5.17. The van der Waals surface area contributed by atoms with Gasteiger partial charge in [-0.25, -0.2) is 0 Å². The Hall–Kier alpha value is -0.0500. The topological polar surface area (TPSA) is 20.3 Å². The van der Waals surface area contributed by atoms with Crippen LogP contribution in [-0.4, -0.2) is 28.7 Å². The molecule has 96 valence electrons. The van der Waals surface area contributed by atoms with Gasteiger partial charge in [0.15, 0.2) is 0 Å². The van der Waals surface area contributed by atoms with E-state index in [0.29, 0.717) is 22.6 Å². The molecule has 3 fully saturated rings. The fourth-order valence-electron chi connectivity index (χ4n) is 4.10. The molecule has 1 heterocycles. The van der Waals surface area contributed by atoms with Crippen LogP contribution < -0.4 is 0 Å². The first-order valence-electron chi connectivity index (χ1n) is 7.08. The summed E-state index contributed by atoms with van der Waals surface area (Å²) < 4.78 is 0. The van der Waals surface area contributed by atoms with Crippen molar-refractivity contribution in [3.63, 3.8) is 0 Å². The number of carbonyl (C=O) groups excluding carboxylic acids is 1. The Labute approximate surface area is 112 Å². The highest BCUT2D eigenvalue weighted by molar-refractivity contribution is 9.09. The lowest BCUT2D eigenvalue weighted by Gasteiger charge is -2.37.